The largest absolute Gasteiger partial charge is 0.368 e. The third kappa shape index (κ3) is 4.32. The molecule has 1 fully saturated rings. The van der Waals surface area contributed by atoms with E-state index in [1.165, 1.54) is 0 Å². The van der Waals surface area contributed by atoms with Gasteiger partial charge in [-0.15, -0.1) is 0 Å². The van der Waals surface area contributed by atoms with E-state index in [4.69, 9.17) is 11.6 Å². The maximum atomic E-state index is 12.6. The molecule has 0 aliphatic carbocycles. The monoisotopic (exact) mass is 408 g/mol. The number of nitrogens with one attached hydrogen (secondary N) is 1. The maximum Gasteiger partial charge on any atom is 0.253 e. The number of nitrogens with zero attached hydrogens (tertiary/aromatic N) is 3. The molecule has 0 spiro atoms. The minimum atomic E-state index is -0.354. The van der Waals surface area contributed by atoms with Crippen molar-refractivity contribution in [2.24, 2.45) is 0 Å². The minimum absolute atomic E-state index is 0.0506. The van der Waals surface area contributed by atoms with Gasteiger partial charge in [-0.25, -0.2) is 0 Å². The lowest BCUT2D eigenvalue weighted by Crippen LogP contribution is -2.51. The molecule has 1 aliphatic heterocycles. The summed E-state index contributed by atoms with van der Waals surface area (Å²) in [6.07, 6.45) is 1.63. The van der Waals surface area contributed by atoms with Crippen LogP contribution in [-0.4, -0.2) is 54.4 Å². The summed E-state index contributed by atoms with van der Waals surface area (Å²) in [5, 5.41) is 3.96. The summed E-state index contributed by atoms with van der Waals surface area (Å²) in [4.78, 5) is 33.5. The molecule has 1 aromatic heterocycles. The molecule has 1 aliphatic rings. The number of anilines is 1. The number of hydrogen-bond acceptors (Lipinski definition) is 4. The molecule has 1 N–H and O–H groups in total. The number of para-hydroxylation sites is 1. The number of fused-ring (bicyclic) bond motifs is 1. The Hall–Kier alpha value is -3.12. The van der Waals surface area contributed by atoms with Gasteiger partial charge in [-0.05, 0) is 30.3 Å². The van der Waals surface area contributed by atoms with Crippen molar-refractivity contribution in [1.82, 2.24) is 15.2 Å². The molecule has 2 heterocycles. The van der Waals surface area contributed by atoms with E-state index < -0.39 is 0 Å². The van der Waals surface area contributed by atoms with Crippen molar-refractivity contribution in [2.75, 3.05) is 37.6 Å². The van der Waals surface area contributed by atoms with Gasteiger partial charge in [0.1, 0.15) is 0 Å². The van der Waals surface area contributed by atoms with Crippen molar-refractivity contribution in [3.63, 3.8) is 0 Å². The van der Waals surface area contributed by atoms with Crippen LogP contribution in [0.2, 0.25) is 5.02 Å². The fourth-order valence-corrected chi connectivity index (χ4v) is 3.77. The van der Waals surface area contributed by atoms with Crippen LogP contribution in [0.4, 0.5) is 5.69 Å². The minimum Gasteiger partial charge on any atom is -0.368 e. The number of carbonyl (C=O) groups excluding carboxylic acids is 2. The zero-order chi connectivity index (χ0) is 20.2. The van der Waals surface area contributed by atoms with Crippen LogP contribution in [0.1, 0.15) is 10.4 Å². The summed E-state index contributed by atoms with van der Waals surface area (Å²) >= 11 is 6.13. The second-order valence-corrected chi connectivity index (χ2v) is 7.35. The molecule has 29 heavy (non-hydrogen) atoms. The molecule has 2 amide bonds. The van der Waals surface area contributed by atoms with Crippen LogP contribution in [0, 0.1) is 0 Å². The van der Waals surface area contributed by atoms with Crippen molar-refractivity contribution < 1.29 is 9.59 Å². The topological polar surface area (TPSA) is 65.5 Å². The van der Waals surface area contributed by atoms with Gasteiger partial charge in [0.2, 0.25) is 5.91 Å². The Morgan fingerprint density at radius 3 is 2.52 bits per heavy atom. The number of amides is 2. The first-order chi connectivity index (χ1) is 14.1. The van der Waals surface area contributed by atoms with E-state index >= 15 is 0 Å². The summed E-state index contributed by atoms with van der Waals surface area (Å²) in [5.74, 6) is -0.446. The van der Waals surface area contributed by atoms with Crippen molar-refractivity contribution >= 4 is 40.0 Å². The molecule has 148 valence electrons. The third-order valence-electron chi connectivity index (χ3n) is 5.07. The second-order valence-electron chi connectivity index (χ2n) is 6.91. The number of piperazine rings is 1. The number of rotatable bonds is 4. The van der Waals surface area contributed by atoms with Gasteiger partial charge < -0.3 is 15.1 Å². The highest BCUT2D eigenvalue weighted by Crippen LogP contribution is 2.22. The van der Waals surface area contributed by atoms with Crippen LogP contribution in [0.3, 0.4) is 0 Å². The number of pyridine rings is 1. The van der Waals surface area contributed by atoms with Gasteiger partial charge in [0.15, 0.2) is 0 Å². The summed E-state index contributed by atoms with van der Waals surface area (Å²) in [6.45, 7) is 2.75. The fraction of sp³-hybridized carbons (Fsp3) is 0.227. The first kappa shape index (κ1) is 19.2. The summed E-state index contributed by atoms with van der Waals surface area (Å²) in [7, 11) is 0. The van der Waals surface area contributed by atoms with Gasteiger partial charge in [-0.3, -0.25) is 14.6 Å². The van der Waals surface area contributed by atoms with Gasteiger partial charge in [0, 0.05) is 48.5 Å². The summed E-state index contributed by atoms with van der Waals surface area (Å²) in [6, 6.07) is 17.1. The van der Waals surface area contributed by atoms with Crippen LogP contribution in [-0.2, 0) is 4.79 Å². The average Bonchev–Trinajstić information content (AvgIpc) is 2.77. The first-order valence-corrected chi connectivity index (χ1v) is 9.90. The number of aromatic nitrogens is 1. The number of halogens is 1. The third-order valence-corrected chi connectivity index (χ3v) is 5.29. The highest BCUT2D eigenvalue weighted by atomic mass is 35.5. The Morgan fingerprint density at radius 2 is 1.76 bits per heavy atom. The molecule has 0 bridgehead atoms. The lowest BCUT2D eigenvalue weighted by molar-refractivity contribution is -0.130. The van der Waals surface area contributed by atoms with E-state index in [9.17, 15) is 9.59 Å². The van der Waals surface area contributed by atoms with Gasteiger partial charge in [0.05, 0.1) is 17.6 Å². The molecule has 0 atom stereocenters. The lowest BCUT2D eigenvalue weighted by Gasteiger charge is -2.36. The Balaban J connectivity index is 1.35. The molecule has 4 rings (SSSR count). The number of benzene rings is 2. The van der Waals surface area contributed by atoms with Crippen molar-refractivity contribution in [2.45, 2.75) is 0 Å². The smallest absolute Gasteiger partial charge is 0.253 e. The average molecular weight is 409 g/mol. The number of hydrogen-bond donors (Lipinski definition) is 1. The van der Waals surface area contributed by atoms with E-state index in [2.05, 4.69) is 27.3 Å². The normalized spacial score (nSPS) is 14.1. The summed E-state index contributed by atoms with van der Waals surface area (Å²) < 4.78 is 0. The number of carbonyl (C=O) groups is 2. The molecule has 2 aromatic carbocycles. The zero-order valence-electron chi connectivity index (χ0n) is 15.8. The Kier molecular flexibility index (Phi) is 5.62. The molecule has 0 radical (unpaired) electrons. The molecule has 1 saturated heterocycles. The molecular formula is C22H21ClN4O2. The van der Waals surface area contributed by atoms with E-state index in [1.54, 1.807) is 29.3 Å². The molecule has 3 aromatic rings. The van der Waals surface area contributed by atoms with Crippen LogP contribution in [0.5, 0.6) is 0 Å². The van der Waals surface area contributed by atoms with Crippen LogP contribution >= 0.6 is 11.6 Å². The Morgan fingerprint density at radius 1 is 1.00 bits per heavy atom. The van der Waals surface area contributed by atoms with Crippen molar-refractivity contribution in [1.29, 1.82) is 0 Å². The highest BCUT2D eigenvalue weighted by molar-refractivity contribution is 6.32. The van der Waals surface area contributed by atoms with Gasteiger partial charge in [-0.1, -0.05) is 35.9 Å². The van der Waals surface area contributed by atoms with Gasteiger partial charge in [0.25, 0.3) is 5.91 Å². The van der Waals surface area contributed by atoms with Crippen LogP contribution in [0.15, 0.2) is 60.8 Å². The second kappa shape index (κ2) is 8.49. The zero-order valence-corrected chi connectivity index (χ0v) is 16.6. The van der Waals surface area contributed by atoms with Gasteiger partial charge in [-0.2, -0.15) is 0 Å². The predicted octanol–water partition coefficient (Wildman–Crippen LogP) is 2.97. The summed E-state index contributed by atoms with van der Waals surface area (Å²) in [5.41, 5.74) is 2.10. The van der Waals surface area contributed by atoms with Gasteiger partial charge >= 0.3 is 0 Å². The molecule has 7 heteroatoms. The van der Waals surface area contributed by atoms with E-state index in [0.29, 0.717) is 29.2 Å². The van der Waals surface area contributed by atoms with Crippen molar-refractivity contribution in [3.8, 4) is 0 Å². The molecular weight excluding hydrogens is 388 g/mol. The van der Waals surface area contributed by atoms with E-state index in [-0.39, 0.29) is 18.4 Å². The quantitative estimate of drug-likeness (QED) is 0.720. The maximum absolute atomic E-state index is 12.6. The molecule has 0 unspecified atom stereocenters. The lowest BCUT2D eigenvalue weighted by atomic mass is 10.1. The Bertz CT molecular complexity index is 1030. The van der Waals surface area contributed by atoms with Crippen LogP contribution < -0.4 is 10.2 Å². The predicted molar refractivity (Wildman–Crippen MR) is 114 cm³/mol. The van der Waals surface area contributed by atoms with Crippen LogP contribution in [0.25, 0.3) is 10.9 Å². The first-order valence-electron chi connectivity index (χ1n) is 9.52. The SMILES string of the molecule is O=C(NCC(=O)N1CCN(c2ccccc2)CC1)c1cc(Cl)cc2cccnc12. The molecule has 0 saturated carbocycles. The van der Waals surface area contributed by atoms with E-state index in [1.807, 2.05) is 24.3 Å². The van der Waals surface area contributed by atoms with Crippen molar-refractivity contribution in [3.05, 3.63) is 71.4 Å². The molecule has 6 nitrogen and oxygen atoms in total. The standard InChI is InChI=1S/C22H21ClN4O2/c23-17-13-16-5-4-8-24-21(16)19(14-17)22(29)25-15-20(28)27-11-9-26(10-12-27)18-6-2-1-3-7-18/h1-8,13-14H,9-12,15H2,(H,25,29). The highest BCUT2D eigenvalue weighted by Gasteiger charge is 2.22. The fourth-order valence-electron chi connectivity index (χ4n) is 3.54. The van der Waals surface area contributed by atoms with E-state index in [0.717, 1.165) is 24.2 Å². The Labute approximate surface area is 174 Å².